The Bertz CT molecular complexity index is 1230. The molecule has 0 saturated heterocycles. The number of aromatic nitrogens is 2. The van der Waals surface area contributed by atoms with Gasteiger partial charge in [-0.25, -0.2) is 9.97 Å². The molecule has 0 aliphatic carbocycles. The maximum Gasteiger partial charge on any atom is 0.271 e. The number of carbonyl (C=O) groups is 1. The lowest BCUT2D eigenvalue weighted by molar-refractivity contribution is -0.384. The molecule has 2 heterocycles. The van der Waals surface area contributed by atoms with Gasteiger partial charge in [0.05, 0.1) is 41.7 Å². The summed E-state index contributed by atoms with van der Waals surface area (Å²) in [5.74, 6) is 0.812. The van der Waals surface area contributed by atoms with Crippen molar-refractivity contribution in [1.82, 2.24) is 9.97 Å². The molecule has 0 spiro atoms. The Morgan fingerprint density at radius 3 is 2.66 bits per heavy atom. The Labute approximate surface area is 182 Å². The van der Waals surface area contributed by atoms with Crippen molar-refractivity contribution in [3.63, 3.8) is 0 Å². The number of ether oxygens (including phenoxy) is 1. The van der Waals surface area contributed by atoms with Gasteiger partial charge in [-0.05, 0) is 37.3 Å². The summed E-state index contributed by atoms with van der Waals surface area (Å²) in [5, 5.41) is 28.9. The summed E-state index contributed by atoms with van der Waals surface area (Å²) in [5.41, 5.74) is 1.18. The highest BCUT2D eigenvalue weighted by atomic mass is 16.6. The van der Waals surface area contributed by atoms with Gasteiger partial charge in [0.25, 0.3) is 5.69 Å². The van der Waals surface area contributed by atoms with Crippen LogP contribution in [0, 0.1) is 15.5 Å². The van der Waals surface area contributed by atoms with Crippen LogP contribution in [0.15, 0.2) is 48.5 Å². The van der Waals surface area contributed by atoms with Gasteiger partial charge in [-0.1, -0.05) is 6.07 Å². The number of hydrogen-bond acceptors (Lipinski definition) is 8. The summed E-state index contributed by atoms with van der Waals surface area (Å²) in [6.07, 6.45) is -0.0840. The Balaban J connectivity index is 1.86. The number of nitrogens with one attached hydrogen (secondary N) is 1. The number of nitro groups is 1. The van der Waals surface area contributed by atoms with Crippen LogP contribution in [0.25, 0.3) is 11.4 Å². The lowest BCUT2D eigenvalue weighted by atomic mass is 10.1. The van der Waals surface area contributed by atoms with Crippen LogP contribution in [-0.2, 0) is 11.2 Å². The summed E-state index contributed by atoms with van der Waals surface area (Å²) >= 11 is 0. The second kappa shape index (κ2) is 8.52. The van der Waals surface area contributed by atoms with Crippen molar-refractivity contribution < 1.29 is 19.6 Å². The zero-order valence-electron chi connectivity index (χ0n) is 17.1. The van der Waals surface area contributed by atoms with Crippen LogP contribution in [0.1, 0.15) is 18.2 Å². The number of fused-ring (bicyclic) bond motifs is 1. The van der Waals surface area contributed by atoms with Gasteiger partial charge in [0.1, 0.15) is 11.6 Å². The highest BCUT2D eigenvalue weighted by Crippen LogP contribution is 2.38. The van der Waals surface area contributed by atoms with Crippen LogP contribution in [0.4, 0.5) is 17.2 Å². The molecule has 10 heteroatoms. The van der Waals surface area contributed by atoms with Crippen LogP contribution in [0.5, 0.6) is 5.75 Å². The minimum atomic E-state index is -0.558. The number of benzene rings is 2. The molecule has 2 aromatic carbocycles. The third-order valence-corrected chi connectivity index (χ3v) is 4.94. The smallest absolute Gasteiger partial charge is 0.271 e. The first-order chi connectivity index (χ1) is 15.4. The summed E-state index contributed by atoms with van der Waals surface area (Å²) in [4.78, 5) is 33.8. The third kappa shape index (κ3) is 3.79. The number of aliphatic hydroxyl groups is 1. The van der Waals surface area contributed by atoms with E-state index in [1.54, 1.807) is 30.3 Å². The Morgan fingerprint density at radius 1 is 1.25 bits per heavy atom. The average molecular weight is 433 g/mol. The molecule has 0 fully saturated rings. The standard InChI is InChI=1S/C22H19N5O5/c1-2-32-16-8-6-13(7-9-16)21-24-20(18(23)12-28)17-11-19(29)26(22(17)25-21)14-4-3-5-15(10-14)27(30)31/h3-10,23,28H,2,11-12H2,1H3. The molecule has 1 aliphatic rings. The number of nitro benzene ring substituents is 1. The number of carbonyl (C=O) groups excluding carboxylic acids is 1. The highest BCUT2D eigenvalue weighted by molar-refractivity contribution is 6.10. The van der Waals surface area contributed by atoms with Crippen molar-refractivity contribution in [3.05, 3.63) is 69.9 Å². The van der Waals surface area contributed by atoms with Gasteiger partial charge in [-0.15, -0.1) is 0 Å². The van der Waals surface area contributed by atoms with E-state index in [1.165, 1.54) is 23.1 Å². The number of aliphatic hydroxyl groups excluding tert-OH is 1. The molecule has 0 bridgehead atoms. The Kier molecular flexibility index (Phi) is 5.61. The van der Waals surface area contributed by atoms with Gasteiger partial charge in [0, 0.05) is 23.3 Å². The maximum atomic E-state index is 12.9. The largest absolute Gasteiger partial charge is 0.494 e. The van der Waals surface area contributed by atoms with Gasteiger partial charge in [0.15, 0.2) is 5.82 Å². The van der Waals surface area contributed by atoms with Gasteiger partial charge >= 0.3 is 0 Å². The first kappa shape index (κ1) is 21.1. The Morgan fingerprint density at radius 2 is 2.00 bits per heavy atom. The van der Waals surface area contributed by atoms with E-state index >= 15 is 0 Å². The van der Waals surface area contributed by atoms with Crippen molar-refractivity contribution >= 4 is 28.8 Å². The SMILES string of the molecule is CCOc1ccc(-c2nc(C(=N)CO)c3c(n2)N(c2cccc([N+](=O)[O-])c2)C(=O)C3)cc1. The number of anilines is 2. The number of rotatable bonds is 7. The summed E-state index contributed by atoms with van der Waals surface area (Å²) in [6, 6.07) is 12.7. The highest BCUT2D eigenvalue weighted by Gasteiger charge is 2.35. The van der Waals surface area contributed by atoms with E-state index in [0.717, 1.165) is 0 Å². The number of nitrogens with zero attached hydrogens (tertiary/aromatic N) is 4. The summed E-state index contributed by atoms with van der Waals surface area (Å²) in [6.45, 7) is 1.84. The zero-order chi connectivity index (χ0) is 22.8. The molecule has 32 heavy (non-hydrogen) atoms. The van der Waals surface area contributed by atoms with Crippen molar-refractivity contribution in [1.29, 1.82) is 5.41 Å². The number of hydrogen-bond donors (Lipinski definition) is 2. The monoisotopic (exact) mass is 433 g/mol. The second-order valence-corrected chi connectivity index (χ2v) is 6.97. The van der Waals surface area contributed by atoms with Crippen LogP contribution >= 0.6 is 0 Å². The fourth-order valence-corrected chi connectivity index (χ4v) is 3.50. The van der Waals surface area contributed by atoms with Gasteiger partial charge in [-0.2, -0.15) is 0 Å². The van der Waals surface area contributed by atoms with Crippen LogP contribution < -0.4 is 9.64 Å². The first-order valence-corrected chi connectivity index (χ1v) is 9.83. The van der Waals surface area contributed by atoms with Crippen molar-refractivity contribution in [2.45, 2.75) is 13.3 Å². The van der Waals surface area contributed by atoms with E-state index in [-0.39, 0.29) is 41.1 Å². The first-order valence-electron chi connectivity index (χ1n) is 9.83. The molecule has 0 unspecified atom stereocenters. The normalized spacial score (nSPS) is 12.6. The van der Waals surface area contributed by atoms with E-state index in [2.05, 4.69) is 9.97 Å². The third-order valence-electron chi connectivity index (χ3n) is 4.94. The summed E-state index contributed by atoms with van der Waals surface area (Å²) in [7, 11) is 0. The van der Waals surface area contributed by atoms with Crippen molar-refractivity contribution in [3.8, 4) is 17.1 Å². The molecule has 1 aromatic heterocycles. The number of amides is 1. The fourth-order valence-electron chi connectivity index (χ4n) is 3.50. The Hall–Kier alpha value is -4.18. The van der Waals surface area contributed by atoms with E-state index in [9.17, 15) is 20.0 Å². The minimum absolute atomic E-state index is 0.0840. The lowest BCUT2D eigenvalue weighted by Gasteiger charge is -2.18. The zero-order valence-corrected chi connectivity index (χ0v) is 17.1. The van der Waals surface area contributed by atoms with E-state index in [4.69, 9.17) is 10.1 Å². The lowest BCUT2D eigenvalue weighted by Crippen LogP contribution is -2.21. The molecule has 0 saturated carbocycles. The molecule has 162 valence electrons. The van der Waals surface area contributed by atoms with Crippen LogP contribution in [0.2, 0.25) is 0 Å². The average Bonchev–Trinajstić information content (AvgIpc) is 3.14. The molecule has 2 N–H and O–H groups in total. The topological polar surface area (TPSA) is 143 Å². The minimum Gasteiger partial charge on any atom is -0.494 e. The molecule has 10 nitrogen and oxygen atoms in total. The molecule has 3 aromatic rings. The summed E-state index contributed by atoms with van der Waals surface area (Å²) < 4.78 is 5.45. The quantitative estimate of drug-likeness (QED) is 0.331. The molecular formula is C22H19N5O5. The molecular weight excluding hydrogens is 414 g/mol. The van der Waals surface area contributed by atoms with Gasteiger partial charge < -0.3 is 15.3 Å². The van der Waals surface area contributed by atoms with Crippen molar-refractivity contribution in [2.24, 2.45) is 0 Å². The second-order valence-electron chi connectivity index (χ2n) is 6.97. The van der Waals surface area contributed by atoms with Crippen LogP contribution in [0.3, 0.4) is 0 Å². The molecule has 0 radical (unpaired) electrons. The molecule has 4 rings (SSSR count). The molecule has 0 atom stereocenters. The van der Waals surface area contributed by atoms with Crippen molar-refractivity contribution in [2.75, 3.05) is 18.1 Å². The molecule has 1 aliphatic heterocycles. The van der Waals surface area contributed by atoms with E-state index in [0.29, 0.717) is 29.2 Å². The van der Waals surface area contributed by atoms with Gasteiger partial charge in [0.2, 0.25) is 5.91 Å². The fraction of sp³-hybridized carbons (Fsp3) is 0.182. The van der Waals surface area contributed by atoms with Crippen LogP contribution in [-0.4, -0.2) is 44.8 Å². The van der Waals surface area contributed by atoms with E-state index < -0.39 is 11.5 Å². The maximum absolute atomic E-state index is 12.9. The predicted molar refractivity (Wildman–Crippen MR) is 116 cm³/mol. The number of non-ortho nitro benzene ring substituents is 1. The van der Waals surface area contributed by atoms with E-state index in [1.807, 2.05) is 6.92 Å². The van der Waals surface area contributed by atoms with Gasteiger partial charge in [-0.3, -0.25) is 19.8 Å². The predicted octanol–water partition coefficient (Wildman–Crippen LogP) is 3.03. The molecule has 1 amide bonds.